The Morgan fingerprint density at radius 2 is 1.93 bits per heavy atom. The maximum atomic E-state index is 12.0. The quantitative estimate of drug-likeness (QED) is 0.712. The molecule has 0 aromatic heterocycles. The van der Waals surface area contributed by atoms with Gasteiger partial charge in [0.2, 0.25) is 0 Å². The molecule has 0 bridgehead atoms. The van der Waals surface area contributed by atoms with Crippen molar-refractivity contribution in [3.8, 4) is 23.3 Å². The third kappa shape index (κ3) is 5.62. The van der Waals surface area contributed by atoms with Crippen LogP contribution >= 0.6 is 0 Å². The second-order valence-corrected chi connectivity index (χ2v) is 6.31. The molecule has 2 aromatic carbocycles. The molecule has 0 spiro atoms. The van der Waals surface area contributed by atoms with Gasteiger partial charge in [0.15, 0.2) is 24.2 Å². The van der Waals surface area contributed by atoms with Crippen molar-refractivity contribution in [1.82, 2.24) is 5.32 Å². The van der Waals surface area contributed by atoms with Gasteiger partial charge in [0.1, 0.15) is 18.5 Å². The fourth-order valence-electron chi connectivity index (χ4n) is 2.56. The van der Waals surface area contributed by atoms with Gasteiger partial charge in [0.05, 0.1) is 18.2 Å². The molecule has 0 unspecified atom stereocenters. The summed E-state index contributed by atoms with van der Waals surface area (Å²) in [5.41, 5.74) is 0.486. The lowest BCUT2D eigenvalue weighted by Gasteiger charge is -2.26. The Hall–Kier alpha value is -3.73. The van der Waals surface area contributed by atoms with Crippen LogP contribution < -0.4 is 19.5 Å². The second-order valence-electron chi connectivity index (χ2n) is 6.31. The number of nitrogens with one attached hydrogen (secondary N) is 1. The zero-order valence-corrected chi connectivity index (χ0v) is 15.8. The monoisotopic (exact) mass is 396 g/mol. The van der Waals surface area contributed by atoms with Crippen molar-refractivity contribution in [3.63, 3.8) is 0 Å². The summed E-state index contributed by atoms with van der Waals surface area (Å²) in [4.78, 5) is 23.9. The number of nitriles is 1. The number of esters is 1. The first-order chi connectivity index (χ1) is 14.0. The third-order valence-corrected chi connectivity index (χ3v) is 4.07. The topological polar surface area (TPSA) is 107 Å². The predicted octanol–water partition coefficient (Wildman–Crippen LogP) is 1.82. The van der Waals surface area contributed by atoms with Crippen LogP contribution in [0.3, 0.4) is 0 Å². The minimum Gasteiger partial charge on any atom is -0.486 e. The van der Waals surface area contributed by atoms with E-state index in [1.807, 2.05) is 24.3 Å². The molecule has 8 heteroatoms. The fraction of sp³-hybridized carbons (Fsp3) is 0.286. The first-order valence-electron chi connectivity index (χ1n) is 9.04. The van der Waals surface area contributed by atoms with E-state index in [1.165, 1.54) is 6.92 Å². The van der Waals surface area contributed by atoms with Crippen LogP contribution in [0.25, 0.3) is 0 Å². The molecule has 150 valence electrons. The summed E-state index contributed by atoms with van der Waals surface area (Å²) in [5, 5.41) is 11.4. The van der Waals surface area contributed by atoms with Crippen molar-refractivity contribution in [2.75, 3.05) is 19.8 Å². The van der Waals surface area contributed by atoms with Crippen molar-refractivity contribution >= 4 is 11.9 Å². The molecule has 2 atom stereocenters. The van der Waals surface area contributed by atoms with E-state index in [4.69, 9.17) is 24.2 Å². The van der Waals surface area contributed by atoms with Crippen molar-refractivity contribution in [1.29, 1.82) is 5.26 Å². The normalized spacial score (nSPS) is 15.5. The van der Waals surface area contributed by atoms with Gasteiger partial charge in [-0.2, -0.15) is 5.26 Å². The van der Waals surface area contributed by atoms with E-state index in [-0.39, 0.29) is 12.6 Å². The molecule has 1 aliphatic rings. The summed E-state index contributed by atoms with van der Waals surface area (Å²) in [7, 11) is 0. The van der Waals surface area contributed by atoms with Crippen LogP contribution in [0.1, 0.15) is 12.5 Å². The molecule has 2 aromatic rings. The van der Waals surface area contributed by atoms with Crippen molar-refractivity contribution in [3.05, 3.63) is 54.1 Å². The van der Waals surface area contributed by atoms with Gasteiger partial charge in [-0.25, -0.2) is 4.79 Å². The smallest absolute Gasteiger partial charge is 0.347 e. The Bertz CT molecular complexity index is 906. The van der Waals surface area contributed by atoms with E-state index in [1.54, 1.807) is 30.3 Å². The average Bonchev–Trinajstić information content (AvgIpc) is 2.76. The molecule has 8 nitrogen and oxygen atoms in total. The van der Waals surface area contributed by atoms with Gasteiger partial charge in [0.25, 0.3) is 5.91 Å². The van der Waals surface area contributed by atoms with E-state index in [0.717, 1.165) is 0 Å². The fourth-order valence-corrected chi connectivity index (χ4v) is 2.56. The summed E-state index contributed by atoms with van der Waals surface area (Å²) < 4.78 is 21.7. The van der Waals surface area contributed by atoms with Crippen LogP contribution in [0.15, 0.2) is 48.5 Å². The summed E-state index contributed by atoms with van der Waals surface area (Å²) in [6.45, 7) is 1.63. The van der Waals surface area contributed by atoms with Crippen molar-refractivity contribution in [2.45, 2.75) is 19.1 Å². The molecule has 1 aliphatic heterocycles. The van der Waals surface area contributed by atoms with Gasteiger partial charge in [-0.1, -0.05) is 12.1 Å². The number of amides is 1. The number of benzene rings is 2. The van der Waals surface area contributed by atoms with Crippen molar-refractivity contribution in [2.24, 2.45) is 0 Å². The van der Waals surface area contributed by atoms with E-state index in [0.29, 0.717) is 29.4 Å². The van der Waals surface area contributed by atoms with Crippen LogP contribution in [-0.4, -0.2) is 43.8 Å². The van der Waals surface area contributed by atoms with Crippen LogP contribution in [0.2, 0.25) is 0 Å². The molecule has 0 saturated carbocycles. The maximum absolute atomic E-state index is 12.0. The van der Waals surface area contributed by atoms with Crippen LogP contribution in [-0.2, 0) is 14.3 Å². The molecular formula is C21H20N2O6. The van der Waals surface area contributed by atoms with Gasteiger partial charge in [-0.15, -0.1) is 0 Å². The lowest BCUT2D eigenvalue weighted by atomic mass is 10.2. The predicted molar refractivity (Wildman–Crippen MR) is 102 cm³/mol. The summed E-state index contributed by atoms with van der Waals surface area (Å²) in [6, 6.07) is 15.6. The van der Waals surface area contributed by atoms with E-state index in [2.05, 4.69) is 5.32 Å². The molecule has 0 fully saturated rings. The Labute approximate surface area is 167 Å². The minimum atomic E-state index is -0.901. The number of nitrogens with zero attached hydrogens (tertiary/aromatic N) is 1. The number of rotatable bonds is 7. The molecule has 0 radical (unpaired) electrons. The molecule has 29 heavy (non-hydrogen) atoms. The SMILES string of the molecule is C[C@H](Oc1ccc(C#N)cc1)C(=O)OCC(=O)NC[C@H]1COc2ccccc2O1. The number of para-hydroxylation sites is 2. The van der Waals surface area contributed by atoms with Crippen LogP contribution in [0, 0.1) is 11.3 Å². The first-order valence-corrected chi connectivity index (χ1v) is 9.04. The van der Waals surface area contributed by atoms with Gasteiger partial charge < -0.3 is 24.3 Å². The molecule has 0 aliphatic carbocycles. The van der Waals surface area contributed by atoms with Gasteiger partial charge >= 0.3 is 5.97 Å². The van der Waals surface area contributed by atoms with Gasteiger partial charge in [-0.3, -0.25) is 4.79 Å². The summed E-state index contributed by atoms with van der Waals surface area (Å²) in [6.07, 6.45) is -1.23. The van der Waals surface area contributed by atoms with E-state index >= 15 is 0 Å². The van der Waals surface area contributed by atoms with E-state index in [9.17, 15) is 9.59 Å². The van der Waals surface area contributed by atoms with Gasteiger partial charge in [0, 0.05) is 0 Å². The highest BCUT2D eigenvalue weighted by molar-refractivity contribution is 5.82. The zero-order valence-electron chi connectivity index (χ0n) is 15.8. The number of hydrogen-bond acceptors (Lipinski definition) is 7. The molecule has 1 amide bonds. The Kier molecular flexibility index (Phi) is 6.53. The molecular weight excluding hydrogens is 376 g/mol. The van der Waals surface area contributed by atoms with Gasteiger partial charge in [-0.05, 0) is 43.3 Å². The number of carbonyl (C=O) groups excluding carboxylic acids is 2. The Morgan fingerprint density at radius 3 is 2.66 bits per heavy atom. The largest absolute Gasteiger partial charge is 0.486 e. The number of hydrogen-bond donors (Lipinski definition) is 1. The lowest BCUT2D eigenvalue weighted by molar-refractivity contribution is -0.154. The molecule has 1 heterocycles. The van der Waals surface area contributed by atoms with Crippen molar-refractivity contribution < 1.29 is 28.5 Å². The lowest BCUT2D eigenvalue weighted by Crippen LogP contribution is -2.42. The number of carbonyl (C=O) groups is 2. The highest BCUT2D eigenvalue weighted by atomic mass is 16.6. The number of fused-ring (bicyclic) bond motifs is 1. The molecule has 0 saturated heterocycles. The minimum absolute atomic E-state index is 0.224. The van der Waals surface area contributed by atoms with Crippen LogP contribution in [0.4, 0.5) is 0 Å². The molecule has 1 N–H and O–H groups in total. The average molecular weight is 396 g/mol. The highest BCUT2D eigenvalue weighted by Gasteiger charge is 2.22. The third-order valence-electron chi connectivity index (χ3n) is 4.07. The standard InChI is InChI=1S/C21H20N2O6/c1-14(28-16-8-6-15(10-22)7-9-16)21(25)27-13-20(24)23-11-17-12-26-18-4-2-3-5-19(18)29-17/h2-9,14,17H,11-13H2,1H3,(H,23,24)/t14-,17-/m0/s1. The highest BCUT2D eigenvalue weighted by Crippen LogP contribution is 2.30. The Balaban J connectivity index is 1.37. The van der Waals surface area contributed by atoms with E-state index < -0.39 is 24.6 Å². The summed E-state index contributed by atoms with van der Waals surface area (Å²) in [5.74, 6) is 0.591. The Morgan fingerprint density at radius 1 is 1.21 bits per heavy atom. The zero-order chi connectivity index (χ0) is 20.6. The maximum Gasteiger partial charge on any atom is 0.347 e. The second kappa shape index (κ2) is 9.46. The number of ether oxygens (including phenoxy) is 4. The molecule has 3 rings (SSSR count). The van der Waals surface area contributed by atoms with Crippen LogP contribution in [0.5, 0.6) is 17.2 Å². The first kappa shape index (κ1) is 20.0. The summed E-state index contributed by atoms with van der Waals surface area (Å²) >= 11 is 0.